The van der Waals surface area contributed by atoms with Crippen LogP contribution in [0.25, 0.3) is 0 Å². The van der Waals surface area contributed by atoms with Crippen molar-refractivity contribution in [3.63, 3.8) is 0 Å². The number of hydrogen-bond acceptors (Lipinski definition) is 6. The number of halogens is 2. The van der Waals surface area contributed by atoms with Gasteiger partial charge in [0.15, 0.2) is 0 Å². The van der Waals surface area contributed by atoms with Gasteiger partial charge in [-0.1, -0.05) is 35.3 Å². The molecule has 0 aliphatic rings. The topological polar surface area (TPSA) is 70.0 Å². The summed E-state index contributed by atoms with van der Waals surface area (Å²) in [5.41, 5.74) is 2.00. The molecular weight excluding hydrogens is 515 g/mol. The highest BCUT2D eigenvalue weighted by Crippen LogP contribution is 2.30. The van der Waals surface area contributed by atoms with Crippen LogP contribution in [0.5, 0.6) is 11.5 Å². The lowest BCUT2D eigenvalue weighted by Crippen LogP contribution is -2.29. The van der Waals surface area contributed by atoms with Crippen molar-refractivity contribution >= 4 is 34.9 Å². The predicted octanol–water partition coefficient (Wildman–Crippen LogP) is 6.01. The molecule has 198 valence electrons. The van der Waals surface area contributed by atoms with Gasteiger partial charge in [0.1, 0.15) is 22.1 Å². The minimum Gasteiger partial charge on any atom is -0.497 e. The van der Waals surface area contributed by atoms with Crippen LogP contribution in [-0.2, 0) is 24.2 Å². The Morgan fingerprint density at radius 3 is 2.08 bits per heavy atom. The summed E-state index contributed by atoms with van der Waals surface area (Å²) in [7, 11) is 5.07. The molecule has 0 radical (unpaired) electrons. The van der Waals surface area contributed by atoms with E-state index in [2.05, 4.69) is 0 Å². The predicted molar refractivity (Wildman–Crippen MR) is 148 cm³/mol. The van der Waals surface area contributed by atoms with Crippen molar-refractivity contribution in [2.24, 2.45) is 0 Å². The van der Waals surface area contributed by atoms with Gasteiger partial charge in [0.25, 0.3) is 5.56 Å². The van der Waals surface area contributed by atoms with Crippen molar-refractivity contribution < 1.29 is 19.0 Å². The van der Waals surface area contributed by atoms with Gasteiger partial charge in [-0.25, -0.2) is 4.79 Å². The minimum absolute atomic E-state index is 0.0553. The van der Waals surface area contributed by atoms with E-state index in [1.165, 1.54) is 6.07 Å². The maximum Gasteiger partial charge on any atom is 0.338 e. The van der Waals surface area contributed by atoms with Crippen LogP contribution < -0.4 is 19.9 Å². The fraction of sp³-hybridized carbons (Fsp3) is 0.357. The van der Waals surface area contributed by atoms with Gasteiger partial charge in [-0.3, -0.25) is 4.79 Å². The summed E-state index contributed by atoms with van der Waals surface area (Å²) in [4.78, 5) is 27.3. The Bertz CT molecular complexity index is 1290. The third-order valence-corrected chi connectivity index (χ3v) is 6.28. The van der Waals surface area contributed by atoms with Gasteiger partial charge in [0.05, 0.1) is 37.0 Å². The molecule has 3 rings (SSSR count). The fourth-order valence-corrected chi connectivity index (χ4v) is 4.29. The highest BCUT2D eigenvalue weighted by Gasteiger charge is 2.19. The molecule has 0 aliphatic heterocycles. The number of carbonyl (C=O) groups excluding carboxylic acids is 1. The Kier molecular flexibility index (Phi) is 9.16. The number of hydrogen-bond donors (Lipinski definition) is 0. The summed E-state index contributed by atoms with van der Waals surface area (Å²) in [6, 6.07) is 14.2. The molecule has 0 spiro atoms. The van der Waals surface area contributed by atoms with Crippen molar-refractivity contribution in [2.75, 3.05) is 26.2 Å². The average Bonchev–Trinajstić information content (AvgIpc) is 2.85. The Labute approximate surface area is 227 Å². The third kappa shape index (κ3) is 7.43. The van der Waals surface area contributed by atoms with E-state index < -0.39 is 5.60 Å². The van der Waals surface area contributed by atoms with Gasteiger partial charge in [0.2, 0.25) is 0 Å². The monoisotopic (exact) mass is 546 g/mol. The van der Waals surface area contributed by atoms with E-state index in [0.29, 0.717) is 47.3 Å². The molecule has 0 N–H and O–H groups in total. The first kappa shape index (κ1) is 28.4. The summed E-state index contributed by atoms with van der Waals surface area (Å²) in [6.45, 7) is 6.18. The first-order valence-corrected chi connectivity index (χ1v) is 12.5. The lowest BCUT2D eigenvalue weighted by molar-refractivity contribution is 0.00695. The molecule has 0 unspecified atom stereocenters. The highest BCUT2D eigenvalue weighted by atomic mass is 35.5. The van der Waals surface area contributed by atoms with Gasteiger partial charge >= 0.3 is 5.97 Å². The molecule has 3 aromatic rings. The van der Waals surface area contributed by atoms with E-state index in [1.54, 1.807) is 37.0 Å². The number of esters is 1. The number of nitrogens with zero attached hydrogens (tertiary/aromatic N) is 2. The molecule has 0 aliphatic carbocycles. The number of ether oxygens (including phenoxy) is 3. The largest absolute Gasteiger partial charge is 0.497 e. The zero-order chi connectivity index (χ0) is 27.3. The molecule has 37 heavy (non-hydrogen) atoms. The number of carbonyl (C=O) groups is 1. The van der Waals surface area contributed by atoms with E-state index in [9.17, 15) is 9.59 Å². The molecule has 2 aromatic carbocycles. The second-order valence-corrected chi connectivity index (χ2v) is 10.4. The number of aromatic nitrogens is 1. The normalized spacial score (nSPS) is 11.2. The van der Waals surface area contributed by atoms with Gasteiger partial charge < -0.3 is 23.7 Å². The van der Waals surface area contributed by atoms with Crippen LogP contribution in [0.1, 0.15) is 42.4 Å². The summed E-state index contributed by atoms with van der Waals surface area (Å²) >= 11 is 12.8. The molecule has 7 nitrogen and oxygen atoms in total. The Hall–Kier alpha value is -3.16. The number of methoxy groups -OCH3 is 2. The molecular formula is C28H32Cl2N2O5. The highest BCUT2D eigenvalue weighted by molar-refractivity contribution is 6.34. The van der Waals surface area contributed by atoms with E-state index >= 15 is 0 Å². The van der Waals surface area contributed by atoms with Gasteiger partial charge in [-0.2, -0.15) is 0 Å². The van der Waals surface area contributed by atoms with Crippen molar-refractivity contribution in [1.82, 2.24) is 4.57 Å². The Balaban J connectivity index is 1.83. The van der Waals surface area contributed by atoms with Gasteiger partial charge in [0, 0.05) is 37.5 Å². The van der Waals surface area contributed by atoms with Crippen molar-refractivity contribution in [2.45, 2.75) is 45.9 Å². The molecule has 9 heteroatoms. The second kappa shape index (κ2) is 11.9. The smallest absolute Gasteiger partial charge is 0.338 e. The molecule has 0 saturated heterocycles. The fourth-order valence-electron chi connectivity index (χ4n) is 3.75. The molecule has 0 atom stereocenters. The number of pyridine rings is 1. The Morgan fingerprint density at radius 2 is 1.54 bits per heavy atom. The first-order valence-electron chi connectivity index (χ1n) is 11.8. The van der Waals surface area contributed by atoms with Crippen LogP contribution in [-0.4, -0.2) is 37.4 Å². The van der Waals surface area contributed by atoms with Crippen molar-refractivity contribution in [3.05, 3.63) is 85.8 Å². The third-order valence-electron chi connectivity index (χ3n) is 5.68. The number of anilines is 1. The van der Waals surface area contributed by atoms with Crippen LogP contribution in [0, 0.1) is 0 Å². The van der Waals surface area contributed by atoms with Crippen LogP contribution in [0.3, 0.4) is 0 Å². The zero-order valence-electron chi connectivity index (χ0n) is 21.9. The average molecular weight is 547 g/mol. The number of aryl methyl sites for hydroxylation is 1. The van der Waals surface area contributed by atoms with Crippen LogP contribution in [0.15, 0.2) is 53.3 Å². The standard InChI is InChI=1S/C28H32Cl2N2O5/c1-28(2,3)37-27(34)19-9-7-18(8-10-19)11-12-32-25(23(29)16-24(30)26(32)33)17-31(4)20-13-21(35-5)15-22(14-20)36-6/h7-10,13-16H,11-12,17H2,1-6H3. The molecule has 0 amide bonds. The lowest BCUT2D eigenvalue weighted by Gasteiger charge is -2.24. The summed E-state index contributed by atoms with van der Waals surface area (Å²) in [5.74, 6) is 0.919. The van der Waals surface area contributed by atoms with Gasteiger partial charge in [-0.15, -0.1) is 0 Å². The van der Waals surface area contributed by atoms with E-state index in [-0.39, 0.29) is 16.6 Å². The van der Waals surface area contributed by atoms with Crippen molar-refractivity contribution in [1.29, 1.82) is 0 Å². The maximum absolute atomic E-state index is 13.0. The van der Waals surface area contributed by atoms with Gasteiger partial charge in [-0.05, 0) is 51.0 Å². The summed E-state index contributed by atoms with van der Waals surface area (Å²) in [5, 5.41) is 0.450. The van der Waals surface area contributed by atoms with E-state index in [0.717, 1.165) is 11.3 Å². The maximum atomic E-state index is 13.0. The number of rotatable bonds is 9. The van der Waals surface area contributed by atoms with E-state index in [1.807, 2.05) is 57.0 Å². The lowest BCUT2D eigenvalue weighted by atomic mass is 10.1. The summed E-state index contributed by atoms with van der Waals surface area (Å²) < 4.78 is 17.8. The molecule has 1 aromatic heterocycles. The van der Waals surface area contributed by atoms with Crippen molar-refractivity contribution in [3.8, 4) is 11.5 Å². The second-order valence-electron chi connectivity index (χ2n) is 9.62. The molecule has 0 saturated carbocycles. The van der Waals surface area contributed by atoms with Crippen LogP contribution in [0.2, 0.25) is 10.0 Å². The first-order chi connectivity index (χ1) is 17.4. The molecule has 0 bridgehead atoms. The van der Waals surface area contributed by atoms with Crippen LogP contribution >= 0.6 is 23.2 Å². The summed E-state index contributed by atoms with van der Waals surface area (Å²) in [6.07, 6.45) is 0.537. The molecule has 0 fully saturated rings. The molecule has 1 heterocycles. The number of benzene rings is 2. The quantitative estimate of drug-likeness (QED) is 0.306. The minimum atomic E-state index is -0.567. The van der Waals surface area contributed by atoms with E-state index in [4.69, 9.17) is 37.4 Å². The Morgan fingerprint density at radius 1 is 0.946 bits per heavy atom. The zero-order valence-corrected chi connectivity index (χ0v) is 23.4. The van der Waals surface area contributed by atoms with Crippen LogP contribution in [0.4, 0.5) is 5.69 Å². The SMILES string of the molecule is COc1cc(OC)cc(N(C)Cc2c(Cl)cc(Cl)c(=O)n2CCc2ccc(C(=O)OC(C)(C)C)cc2)c1.